The predicted octanol–water partition coefficient (Wildman–Crippen LogP) is 4.36. The minimum Gasteiger partial charge on any atom is -0.179 e. The topological polar surface area (TPSA) is 0 Å². The standard InChI is InChI=1S/C14H22S/c1-3-14(2,12-15)11-7-10-13-8-5-4-6-9-13/h4-6,8-9,15H,3,7,10-12H2,1-2H3. The highest BCUT2D eigenvalue weighted by Crippen LogP contribution is 2.29. The average molecular weight is 222 g/mol. The van der Waals surface area contributed by atoms with Crippen LogP contribution in [0.2, 0.25) is 0 Å². The Morgan fingerprint density at radius 2 is 1.87 bits per heavy atom. The molecule has 0 saturated carbocycles. The van der Waals surface area contributed by atoms with E-state index in [0.717, 1.165) is 5.75 Å². The van der Waals surface area contributed by atoms with Crippen LogP contribution in [-0.4, -0.2) is 5.75 Å². The summed E-state index contributed by atoms with van der Waals surface area (Å²) in [5.41, 5.74) is 1.88. The Balaban J connectivity index is 2.33. The molecule has 84 valence electrons. The van der Waals surface area contributed by atoms with Crippen molar-refractivity contribution in [2.75, 3.05) is 5.75 Å². The van der Waals surface area contributed by atoms with Gasteiger partial charge in [0, 0.05) is 0 Å². The second kappa shape index (κ2) is 6.22. The fraction of sp³-hybridized carbons (Fsp3) is 0.571. The van der Waals surface area contributed by atoms with Gasteiger partial charge in [0.2, 0.25) is 0 Å². The van der Waals surface area contributed by atoms with Crippen molar-refractivity contribution in [2.45, 2.75) is 39.5 Å². The summed E-state index contributed by atoms with van der Waals surface area (Å²) in [5.74, 6) is 0.998. The third-order valence-corrected chi connectivity index (χ3v) is 4.09. The summed E-state index contributed by atoms with van der Waals surface area (Å²) in [6.45, 7) is 4.60. The molecule has 1 rings (SSSR count). The van der Waals surface area contributed by atoms with Gasteiger partial charge in [-0.1, -0.05) is 44.2 Å². The SMILES string of the molecule is CCC(C)(CS)CCCc1ccccc1. The van der Waals surface area contributed by atoms with E-state index in [9.17, 15) is 0 Å². The van der Waals surface area contributed by atoms with E-state index in [1.165, 1.54) is 31.2 Å². The number of hydrogen-bond acceptors (Lipinski definition) is 1. The van der Waals surface area contributed by atoms with Crippen LogP contribution in [0.1, 0.15) is 38.7 Å². The van der Waals surface area contributed by atoms with Gasteiger partial charge in [0.05, 0.1) is 0 Å². The van der Waals surface area contributed by atoms with Crippen molar-refractivity contribution in [2.24, 2.45) is 5.41 Å². The number of hydrogen-bond donors (Lipinski definition) is 1. The fourth-order valence-electron chi connectivity index (χ4n) is 1.73. The maximum absolute atomic E-state index is 4.44. The van der Waals surface area contributed by atoms with E-state index < -0.39 is 0 Å². The van der Waals surface area contributed by atoms with Crippen molar-refractivity contribution >= 4 is 12.6 Å². The van der Waals surface area contributed by atoms with Crippen molar-refractivity contribution in [3.63, 3.8) is 0 Å². The zero-order valence-corrected chi connectivity index (χ0v) is 10.8. The predicted molar refractivity (Wildman–Crippen MR) is 71.6 cm³/mol. The van der Waals surface area contributed by atoms with Crippen molar-refractivity contribution < 1.29 is 0 Å². The number of rotatable bonds is 6. The van der Waals surface area contributed by atoms with Crippen molar-refractivity contribution in [3.8, 4) is 0 Å². The smallest absolute Gasteiger partial charge is 0.00439 e. The van der Waals surface area contributed by atoms with Gasteiger partial charge in [0.15, 0.2) is 0 Å². The Labute approximate surface area is 99.5 Å². The molecule has 0 N–H and O–H groups in total. The van der Waals surface area contributed by atoms with E-state index in [4.69, 9.17) is 0 Å². The van der Waals surface area contributed by atoms with Crippen LogP contribution in [0.25, 0.3) is 0 Å². The van der Waals surface area contributed by atoms with Gasteiger partial charge in [0.1, 0.15) is 0 Å². The van der Waals surface area contributed by atoms with Gasteiger partial charge in [0.25, 0.3) is 0 Å². The second-order valence-electron chi connectivity index (χ2n) is 4.66. The van der Waals surface area contributed by atoms with Gasteiger partial charge in [-0.3, -0.25) is 0 Å². The van der Waals surface area contributed by atoms with Crippen LogP contribution in [-0.2, 0) is 6.42 Å². The normalized spacial score (nSPS) is 14.9. The lowest BCUT2D eigenvalue weighted by molar-refractivity contribution is 0.322. The van der Waals surface area contributed by atoms with E-state index in [0.29, 0.717) is 5.41 Å². The van der Waals surface area contributed by atoms with Gasteiger partial charge in [-0.05, 0) is 42.4 Å². The molecule has 1 unspecified atom stereocenters. The highest BCUT2D eigenvalue weighted by molar-refractivity contribution is 7.80. The fourth-order valence-corrected chi connectivity index (χ4v) is 2.11. The molecule has 1 aromatic rings. The molecule has 0 aliphatic heterocycles. The molecular formula is C14H22S. The van der Waals surface area contributed by atoms with E-state index in [1.807, 2.05) is 0 Å². The molecule has 0 aliphatic carbocycles. The lowest BCUT2D eigenvalue weighted by Crippen LogP contribution is -2.17. The highest BCUT2D eigenvalue weighted by atomic mass is 32.1. The summed E-state index contributed by atoms with van der Waals surface area (Å²) in [6, 6.07) is 10.7. The molecule has 0 fully saturated rings. The molecule has 0 spiro atoms. The first kappa shape index (κ1) is 12.6. The molecule has 0 nitrogen and oxygen atoms in total. The second-order valence-corrected chi connectivity index (χ2v) is 4.98. The molecular weight excluding hydrogens is 200 g/mol. The summed E-state index contributed by atoms with van der Waals surface area (Å²) in [5, 5.41) is 0. The van der Waals surface area contributed by atoms with E-state index in [-0.39, 0.29) is 0 Å². The van der Waals surface area contributed by atoms with E-state index in [2.05, 4.69) is 56.8 Å². The zero-order chi connectivity index (χ0) is 11.1. The zero-order valence-electron chi connectivity index (χ0n) is 9.87. The van der Waals surface area contributed by atoms with Crippen molar-refractivity contribution in [1.82, 2.24) is 0 Å². The van der Waals surface area contributed by atoms with E-state index >= 15 is 0 Å². The summed E-state index contributed by atoms with van der Waals surface area (Å²) in [6.07, 6.45) is 4.98. The molecule has 15 heavy (non-hydrogen) atoms. The van der Waals surface area contributed by atoms with Crippen LogP contribution in [0.5, 0.6) is 0 Å². The maximum Gasteiger partial charge on any atom is -0.00439 e. The van der Waals surface area contributed by atoms with Crippen LogP contribution >= 0.6 is 12.6 Å². The van der Waals surface area contributed by atoms with Gasteiger partial charge in [-0.2, -0.15) is 12.6 Å². The minimum atomic E-state index is 0.428. The van der Waals surface area contributed by atoms with Crippen LogP contribution in [0, 0.1) is 5.41 Å². The first-order chi connectivity index (χ1) is 7.20. The third kappa shape index (κ3) is 4.29. The first-order valence-electron chi connectivity index (χ1n) is 5.85. The quantitative estimate of drug-likeness (QED) is 0.679. The first-order valence-corrected chi connectivity index (χ1v) is 6.48. The van der Waals surface area contributed by atoms with E-state index in [1.54, 1.807) is 0 Å². The Kier molecular flexibility index (Phi) is 5.24. The number of benzene rings is 1. The van der Waals surface area contributed by atoms with Crippen LogP contribution in [0.4, 0.5) is 0 Å². The molecule has 0 aromatic heterocycles. The van der Waals surface area contributed by atoms with Crippen molar-refractivity contribution in [1.29, 1.82) is 0 Å². The minimum absolute atomic E-state index is 0.428. The Bertz CT molecular complexity index is 262. The summed E-state index contributed by atoms with van der Waals surface area (Å²) >= 11 is 4.44. The molecule has 0 bridgehead atoms. The molecule has 1 atom stereocenters. The Morgan fingerprint density at radius 1 is 1.20 bits per heavy atom. The number of thiol groups is 1. The lowest BCUT2D eigenvalue weighted by atomic mass is 9.84. The van der Waals surface area contributed by atoms with Gasteiger partial charge < -0.3 is 0 Å². The van der Waals surface area contributed by atoms with Crippen molar-refractivity contribution in [3.05, 3.63) is 35.9 Å². The molecule has 0 aliphatic rings. The maximum atomic E-state index is 4.44. The Hall–Kier alpha value is -0.430. The van der Waals surface area contributed by atoms with Crippen LogP contribution in [0.15, 0.2) is 30.3 Å². The average Bonchev–Trinajstić information content (AvgIpc) is 2.30. The molecule has 0 saturated heterocycles. The third-order valence-electron chi connectivity index (χ3n) is 3.32. The molecule has 1 heteroatoms. The molecule has 1 aromatic carbocycles. The Morgan fingerprint density at radius 3 is 2.40 bits per heavy atom. The largest absolute Gasteiger partial charge is 0.179 e. The van der Waals surface area contributed by atoms with Crippen LogP contribution < -0.4 is 0 Å². The van der Waals surface area contributed by atoms with Gasteiger partial charge in [-0.15, -0.1) is 0 Å². The van der Waals surface area contributed by atoms with Gasteiger partial charge in [-0.25, -0.2) is 0 Å². The summed E-state index contributed by atoms with van der Waals surface area (Å²) in [4.78, 5) is 0. The lowest BCUT2D eigenvalue weighted by Gasteiger charge is -2.25. The van der Waals surface area contributed by atoms with Gasteiger partial charge >= 0.3 is 0 Å². The number of aryl methyl sites for hydroxylation is 1. The molecule has 0 amide bonds. The highest BCUT2D eigenvalue weighted by Gasteiger charge is 2.19. The summed E-state index contributed by atoms with van der Waals surface area (Å²) in [7, 11) is 0. The van der Waals surface area contributed by atoms with Crippen LogP contribution in [0.3, 0.4) is 0 Å². The monoisotopic (exact) mass is 222 g/mol. The summed E-state index contributed by atoms with van der Waals surface area (Å²) < 4.78 is 0. The molecule has 0 heterocycles. The molecule has 0 radical (unpaired) electrons.